The molecule has 7 heteroatoms. The Kier molecular flexibility index (Phi) is 6.37. The molecule has 1 atom stereocenters. The number of hydrogen-bond acceptors (Lipinski definition) is 6. The van der Waals surface area contributed by atoms with Crippen LogP contribution in [0.3, 0.4) is 0 Å². The van der Waals surface area contributed by atoms with Crippen LogP contribution in [0.2, 0.25) is 0 Å². The molecule has 6 nitrogen and oxygen atoms in total. The summed E-state index contributed by atoms with van der Waals surface area (Å²) >= 11 is 3.51. The summed E-state index contributed by atoms with van der Waals surface area (Å²) in [7, 11) is 1.28. The number of Topliss-reactive ketones (excluding diaryl/α,β-unsaturated/α-hetero) is 1. The molecule has 0 unspecified atom stereocenters. The van der Waals surface area contributed by atoms with E-state index in [-0.39, 0.29) is 17.2 Å². The Labute approximate surface area is 195 Å². The van der Waals surface area contributed by atoms with Crippen LogP contribution in [-0.2, 0) is 25.7 Å². The number of nitrogens with two attached hydrogens (primary N) is 1. The molecule has 0 amide bonds. The molecular weight excluding hydrogens is 474 g/mol. The summed E-state index contributed by atoms with van der Waals surface area (Å²) in [6.07, 6.45) is 1.65. The third-order valence-electron chi connectivity index (χ3n) is 5.69. The van der Waals surface area contributed by atoms with Crippen molar-refractivity contribution >= 4 is 27.7 Å². The van der Waals surface area contributed by atoms with E-state index in [1.165, 1.54) is 12.7 Å². The van der Waals surface area contributed by atoms with Gasteiger partial charge < -0.3 is 19.9 Å². The smallest absolute Gasteiger partial charge is 0.340 e. The minimum absolute atomic E-state index is 0.0419. The van der Waals surface area contributed by atoms with Crippen LogP contribution in [0.1, 0.15) is 41.9 Å². The minimum atomic E-state index is -0.732. The second kappa shape index (κ2) is 9.20. The number of allylic oxidation sites excluding steroid dienone is 2. The molecule has 0 saturated carbocycles. The van der Waals surface area contributed by atoms with Gasteiger partial charge in [-0.2, -0.15) is 0 Å². The van der Waals surface area contributed by atoms with Crippen molar-refractivity contribution in [1.82, 2.24) is 0 Å². The maximum Gasteiger partial charge on any atom is 0.340 e. The van der Waals surface area contributed by atoms with Gasteiger partial charge in [-0.15, -0.1) is 0 Å². The van der Waals surface area contributed by atoms with Crippen LogP contribution in [0.25, 0.3) is 0 Å². The number of ketones is 1. The molecule has 2 N–H and O–H groups in total. The van der Waals surface area contributed by atoms with E-state index >= 15 is 0 Å². The Bertz CT molecular complexity index is 1130. The molecule has 2 aromatic carbocycles. The second-order valence-corrected chi connectivity index (χ2v) is 8.79. The first-order valence-corrected chi connectivity index (χ1v) is 11.2. The summed E-state index contributed by atoms with van der Waals surface area (Å²) < 4.78 is 17.7. The predicted molar refractivity (Wildman–Crippen MR) is 123 cm³/mol. The number of halogens is 1. The fourth-order valence-electron chi connectivity index (χ4n) is 4.10. The van der Waals surface area contributed by atoms with Crippen molar-refractivity contribution in [2.24, 2.45) is 5.73 Å². The average molecular weight is 498 g/mol. The van der Waals surface area contributed by atoms with Crippen molar-refractivity contribution in [3.05, 3.63) is 86.4 Å². The first kappa shape index (κ1) is 22.1. The molecule has 0 saturated heterocycles. The van der Waals surface area contributed by atoms with Gasteiger partial charge in [0.25, 0.3) is 0 Å². The third-order valence-corrected chi connectivity index (χ3v) is 6.18. The van der Waals surface area contributed by atoms with Gasteiger partial charge in [0.05, 0.1) is 13.0 Å². The Morgan fingerprint density at radius 3 is 2.66 bits per heavy atom. The van der Waals surface area contributed by atoms with Crippen LogP contribution in [-0.4, -0.2) is 18.9 Å². The van der Waals surface area contributed by atoms with Gasteiger partial charge in [-0.1, -0.05) is 45.8 Å². The molecule has 0 aromatic heterocycles. The van der Waals surface area contributed by atoms with E-state index in [0.29, 0.717) is 48.5 Å². The summed E-state index contributed by atoms with van der Waals surface area (Å²) in [5.74, 6) is -0.401. The predicted octanol–water partition coefficient (Wildman–Crippen LogP) is 4.80. The van der Waals surface area contributed by atoms with Crippen LogP contribution < -0.4 is 10.5 Å². The highest BCUT2D eigenvalue weighted by atomic mass is 79.9. The van der Waals surface area contributed by atoms with Crippen molar-refractivity contribution < 1.29 is 23.8 Å². The van der Waals surface area contributed by atoms with Gasteiger partial charge in [0.2, 0.25) is 5.88 Å². The summed E-state index contributed by atoms with van der Waals surface area (Å²) in [4.78, 5) is 25.7. The van der Waals surface area contributed by atoms with E-state index in [1.54, 1.807) is 0 Å². The van der Waals surface area contributed by atoms with Gasteiger partial charge in [-0.25, -0.2) is 4.79 Å². The van der Waals surface area contributed by atoms with E-state index in [4.69, 9.17) is 19.9 Å². The molecule has 1 heterocycles. The van der Waals surface area contributed by atoms with Crippen molar-refractivity contribution in [2.45, 2.75) is 38.7 Å². The quantitative estimate of drug-likeness (QED) is 0.596. The molecule has 32 heavy (non-hydrogen) atoms. The van der Waals surface area contributed by atoms with Crippen LogP contribution >= 0.6 is 15.9 Å². The highest BCUT2D eigenvalue weighted by Crippen LogP contribution is 2.47. The summed E-state index contributed by atoms with van der Waals surface area (Å²) in [5.41, 5.74) is 9.55. The Morgan fingerprint density at radius 2 is 1.94 bits per heavy atom. The molecule has 2 aromatic rings. The number of benzene rings is 2. The minimum Gasteiger partial charge on any atom is -0.489 e. The molecule has 2 aliphatic rings. The van der Waals surface area contributed by atoms with Gasteiger partial charge in [0.1, 0.15) is 23.7 Å². The van der Waals surface area contributed by atoms with E-state index < -0.39 is 11.9 Å². The standard InChI is InChI=1S/C25H24BrNO5/c1-14-6-8-15(9-7-14)13-31-19-11-10-16(26)12-17(19)21-22-18(28)4-3-5-20(22)32-24(27)23(21)25(29)30-2/h6-12,21H,3-5,13,27H2,1-2H3/t21-/m1/s1. The van der Waals surface area contributed by atoms with Crippen molar-refractivity contribution in [3.63, 3.8) is 0 Å². The van der Waals surface area contributed by atoms with Crippen LogP contribution in [0, 0.1) is 6.92 Å². The number of aryl methyl sites for hydroxylation is 1. The molecule has 0 fully saturated rings. The number of hydrogen-bond donors (Lipinski definition) is 1. The number of ether oxygens (including phenoxy) is 3. The molecule has 0 bridgehead atoms. The monoisotopic (exact) mass is 497 g/mol. The fraction of sp³-hybridized carbons (Fsp3) is 0.280. The highest BCUT2D eigenvalue weighted by molar-refractivity contribution is 9.10. The van der Waals surface area contributed by atoms with Gasteiger partial charge in [0, 0.05) is 28.5 Å². The summed E-state index contributed by atoms with van der Waals surface area (Å²) in [6, 6.07) is 13.6. The Morgan fingerprint density at radius 1 is 1.19 bits per heavy atom. The number of carbonyl (C=O) groups excluding carboxylic acids is 2. The lowest BCUT2D eigenvalue weighted by Crippen LogP contribution is -2.31. The lowest BCUT2D eigenvalue weighted by Gasteiger charge is -2.33. The zero-order valence-corrected chi connectivity index (χ0v) is 19.5. The van der Waals surface area contributed by atoms with Crippen LogP contribution in [0.15, 0.2) is 69.7 Å². The van der Waals surface area contributed by atoms with Gasteiger partial charge in [-0.05, 0) is 37.1 Å². The first-order valence-electron chi connectivity index (χ1n) is 10.4. The van der Waals surface area contributed by atoms with Gasteiger partial charge in [-0.3, -0.25) is 4.79 Å². The number of carbonyl (C=O) groups is 2. The second-order valence-electron chi connectivity index (χ2n) is 7.87. The molecule has 0 radical (unpaired) electrons. The molecule has 1 aliphatic heterocycles. The maximum atomic E-state index is 13.0. The van der Waals surface area contributed by atoms with Gasteiger partial charge in [0.15, 0.2) is 5.78 Å². The zero-order valence-electron chi connectivity index (χ0n) is 17.9. The number of rotatable bonds is 5. The Balaban J connectivity index is 1.80. The first-order chi connectivity index (χ1) is 15.4. The van der Waals surface area contributed by atoms with Crippen molar-refractivity contribution in [1.29, 1.82) is 0 Å². The topological polar surface area (TPSA) is 87.9 Å². The van der Waals surface area contributed by atoms with Crippen molar-refractivity contribution in [3.8, 4) is 5.75 Å². The van der Waals surface area contributed by atoms with E-state index in [9.17, 15) is 9.59 Å². The molecule has 4 rings (SSSR count). The normalized spacial score (nSPS) is 18.2. The largest absolute Gasteiger partial charge is 0.489 e. The molecule has 166 valence electrons. The number of esters is 1. The molecular formula is C25H24BrNO5. The van der Waals surface area contributed by atoms with Crippen molar-refractivity contribution in [2.75, 3.05) is 7.11 Å². The molecule has 1 aliphatic carbocycles. The van der Waals surface area contributed by atoms with Gasteiger partial charge >= 0.3 is 5.97 Å². The molecule has 0 spiro atoms. The number of methoxy groups -OCH3 is 1. The average Bonchev–Trinajstić information content (AvgIpc) is 2.78. The van der Waals surface area contributed by atoms with E-state index in [0.717, 1.165) is 10.0 Å². The zero-order chi connectivity index (χ0) is 22.8. The maximum absolute atomic E-state index is 13.0. The van der Waals surface area contributed by atoms with Crippen LogP contribution in [0.5, 0.6) is 5.75 Å². The van der Waals surface area contributed by atoms with E-state index in [2.05, 4.69) is 15.9 Å². The lowest BCUT2D eigenvalue weighted by atomic mass is 9.77. The summed E-state index contributed by atoms with van der Waals surface area (Å²) in [5, 5.41) is 0. The fourth-order valence-corrected chi connectivity index (χ4v) is 4.48. The summed E-state index contributed by atoms with van der Waals surface area (Å²) in [6.45, 7) is 2.37. The van der Waals surface area contributed by atoms with E-state index in [1.807, 2.05) is 49.4 Å². The SMILES string of the molecule is COC(=O)C1=C(N)OC2=C(C(=O)CCC2)[C@H]1c1cc(Br)ccc1OCc1ccc(C)cc1. The lowest BCUT2D eigenvalue weighted by molar-refractivity contribution is -0.136. The Hall–Kier alpha value is -3.06. The highest BCUT2D eigenvalue weighted by Gasteiger charge is 2.42. The van der Waals surface area contributed by atoms with Crippen LogP contribution in [0.4, 0.5) is 0 Å². The third kappa shape index (κ3) is 4.30.